The Kier molecular flexibility index (Phi) is 3.70. The molecule has 0 aliphatic carbocycles. The second-order valence-electron chi connectivity index (χ2n) is 4.78. The summed E-state index contributed by atoms with van der Waals surface area (Å²) in [5.41, 5.74) is 0.910. The van der Waals surface area contributed by atoms with Crippen molar-refractivity contribution in [3.05, 3.63) is 58.1 Å². The summed E-state index contributed by atoms with van der Waals surface area (Å²) < 4.78 is 31.7. The van der Waals surface area contributed by atoms with Crippen LogP contribution in [0.25, 0.3) is 0 Å². The Balaban J connectivity index is 1.97. The lowest BCUT2D eigenvalue weighted by Crippen LogP contribution is -2.29. The van der Waals surface area contributed by atoms with E-state index < -0.39 is 15.9 Å². The Morgan fingerprint density at radius 3 is 2.55 bits per heavy atom. The molecule has 7 heteroatoms. The van der Waals surface area contributed by atoms with Crippen molar-refractivity contribution in [1.82, 2.24) is 4.31 Å². The fourth-order valence-electron chi connectivity index (χ4n) is 2.36. The summed E-state index contributed by atoms with van der Waals surface area (Å²) in [5.74, 6) is 0.144. The van der Waals surface area contributed by atoms with Gasteiger partial charge in [0.15, 0.2) is 0 Å². The van der Waals surface area contributed by atoms with E-state index in [0.717, 1.165) is 4.31 Å². The van der Waals surface area contributed by atoms with Crippen molar-refractivity contribution < 1.29 is 17.9 Å². The molecule has 114 valence electrons. The van der Waals surface area contributed by atoms with E-state index in [9.17, 15) is 13.2 Å². The number of amides is 1. The quantitative estimate of drug-likeness (QED) is 0.819. The van der Waals surface area contributed by atoms with Crippen molar-refractivity contribution in [2.24, 2.45) is 0 Å². The van der Waals surface area contributed by atoms with Crippen molar-refractivity contribution in [2.75, 3.05) is 7.11 Å². The number of nitrogens with zero attached hydrogens (tertiary/aromatic N) is 1. The number of benzene rings is 2. The third-order valence-corrected chi connectivity index (χ3v) is 5.86. The van der Waals surface area contributed by atoms with E-state index >= 15 is 0 Å². The maximum absolute atomic E-state index is 12.5. The monoisotopic (exact) mass is 381 g/mol. The number of rotatable bonds is 3. The summed E-state index contributed by atoms with van der Waals surface area (Å²) in [6, 6.07) is 11.4. The van der Waals surface area contributed by atoms with Crippen LogP contribution >= 0.6 is 15.9 Å². The van der Waals surface area contributed by atoms with E-state index in [2.05, 4.69) is 15.9 Å². The highest BCUT2D eigenvalue weighted by Crippen LogP contribution is 2.32. The zero-order valence-electron chi connectivity index (χ0n) is 11.6. The molecule has 3 rings (SSSR count). The van der Waals surface area contributed by atoms with Gasteiger partial charge in [0.1, 0.15) is 10.6 Å². The molecule has 0 N–H and O–H groups in total. The van der Waals surface area contributed by atoms with Gasteiger partial charge in [0.2, 0.25) is 0 Å². The SMILES string of the molecule is COc1ccc(CN2C(=O)c3ccccc3S2(=O)=O)cc1Br. The van der Waals surface area contributed by atoms with Gasteiger partial charge in [0.05, 0.1) is 23.7 Å². The van der Waals surface area contributed by atoms with Crippen LogP contribution in [-0.4, -0.2) is 25.7 Å². The van der Waals surface area contributed by atoms with Crippen LogP contribution in [0.5, 0.6) is 5.75 Å². The van der Waals surface area contributed by atoms with Crippen LogP contribution in [-0.2, 0) is 16.6 Å². The average molecular weight is 382 g/mol. The Morgan fingerprint density at radius 1 is 1.18 bits per heavy atom. The van der Waals surface area contributed by atoms with Gasteiger partial charge in [-0.05, 0) is 45.8 Å². The summed E-state index contributed by atoms with van der Waals surface area (Å²) in [6.07, 6.45) is 0. The molecule has 5 nitrogen and oxygen atoms in total. The first-order valence-corrected chi connectivity index (χ1v) is 8.67. The molecule has 0 aromatic heterocycles. The van der Waals surface area contributed by atoms with E-state index in [1.807, 2.05) is 0 Å². The van der Waals surface area contributed by atoms with Crippen molar-refractivity contribution >= 4 is 31.9 Å². The number of carbonyl (C=O) groups excluding carboxylic acids is 1. The summed E-state index contributed by atoms with van der Waals surface area (Å²) >= 11 is 3.35. The van der Waals surface area contributed by atoms with Gasteiger partial charge in [-0.3, -0.25) is 4.79 Å². The summed E-state index contributed by atoms with van der Waals surface area (Å²) in [7, 11) is -2.24. The molecule has 1 aliphatic heterocycles. The van der Waals surface area contributed by atoms with Gasteiger partial charge in [0, 0.05) is 0 Å². The third kappa shape index (κ3) is 2.30. The zero-order valence-corrected chi connectivity index (χ0v) is 14.0. The molecular formula is C15H12BrNO4S. The lowest BCUT2D eigenvalue weighted by Gasteiger charge is -2.15. The number of halogens is 1. The second-order valence-corrected chi connectivity index (χ2v) is 7.47. The highest BCUT2D eigenvalue weighted by Gasteiger charge is 2.40. The van der Waals surface area contributed by atoms with E-state index in [1.54, 1.807) is 37.4 Å². The molecule has 0 unspecified atom stereocenters. The van der Waals surface area contributed by atoms with Crippen LogP contribution in [0, 0.1) is 0 Å². The number of fused-ring (bicyclic) bond motifs is 1. The fourth-order valence-corrected chi connectivity index (χ4v) is 4.51. The Hall–Kier alpha value is -1.86. The van der Waals surface area contributed by atoms with Crippen LogP contribution in [0.15, 0.2) is 51.8 Å². The largest absolute Gasteiger partial charge is 0.496 e. The van der Waals surface area contributed by atoms with E-state index in [1.165, 1.54) is 12.1 Å². The molecule has 2 aromatic carbocycles. The molecule has 0 saturated heterocycles. The molecule has 0 radical (unpaired) electrons. The van der Waals surface area contributed by atoms with Gasteiger partial charge in [-0.2, -0.15) is 0 Å². The minimum Gasteiger partial charge on any atom is -0.496 e. The summed E-state index contributed by atoms with van der Waals surface area (Å²) in [4.78, 5) is 12.4. The van der Waals surface area contributed by atoms with Gasteiger partial charge in [-0.15, -0.1) is 0 Å². The fraction of sp³-hybridized carbons (Fsp3) is 0.133. The van der Waals surface area contributed by atoms with Gasteiger partial charge >= 0.3 is 0 Å². The standard InChI is InChI=1S/C15H12BrNO4S/c1-21-13-7-6-10(8-12(13)16)9-17-15(18)11-4-2-3-5-14(11)22(17,19)20/h2-8H,9H2,1H3. The molecule has 0 saturated carbocycles. The van der Waals surface area contributed by atoms with Gasteiger partial charge < -0.3 is 4.74 Å². The molecule has 1 amide bonds. The first-order valence-electron chi connectivity index (χ1n) is 6.43. The first kappa shape index (κ1) is 15.1. The van der Waals surface area contributed by atoms with Crippen molar-refractivity contribution in [2.45, 2.75) is 11.4 Å². The number of hydrogen-bond donors (Lipinski definition) is 0. The molecular weight excluding hydrogens is 370 g/mol. The summed E-state index contributed by atoms with van der Waals surface area (Å²) in [5, 5.41) is 0. The van der Waals surface area contributed by atoms with Crippen molar-refractivity contribution in [3.63, 3.8) is 0 Å². The predicted octanol–water partition coefficient (Wildman–Crippen LogP) is 2.80. The maximum atomic E-state index is 12.5. The number of methoxy groups -OCH3 is 1. The molecule has 0 fully saturated rings. The summed E-state index contributed by atoms with van der Waals surface area (Å²) in [6.45, 7) is -0.0154. The van der Waals surface area contributed by atoms with Crippen LogP contribution in [0.3, 0.4) is 0 Å². The Bertz CT molecular complexity index is 864. The van der Waals surface area contributed by atoms with Gasteiger partial charge in [-0.25, -0.2) is 12.7 Å². The Labute approximate surface area is 136 Å². The van der Waals surface area contributed by atoms with Gasteiger partial charge in [0.25, 0.3) is 15.9 Å². The lowest BCUT2D eigenvalue weighted by molar-refractivity contribution is 0.0865. The number of hydrogen-bond acceptors (Lipinski definition) is 4. The number of sulfonamides is 1. The average Bonchev–Trinajstić information content (AvgIpc) is 2.69. The highest BCUT2D eigenvalue weighted by molar-refractivity contribution is 9.10. The normalized spacial score (nSPS) is 15.7. The second kappa shape index (κ2) is 5.40. The van der Waals surface area contributed by atoms with Crippen LogP contribution in [0.4, 0.5) is 0 Å². The molecule has 22 heavy (non-hydrogen) atoms. The molecule has 0 bridgehead atoms. The van der Waals surface area contributed by atoms with E-state index in [-0.39, 0.29) is 17.0 Å². The molecule has 1 aliphatic rings. The molecule has 0 atom stereocenters. The minimum absolute atomic E-state index is 0.0154. The number of ether oxygens (including phenoxy) is 1. The minimum atomic E-state index is -3.79. The highest BCUT2D eigenvalue weighted by atomic mass is 79.9. The van der Waals surface area contributed by atoms with Crippen LogP contribution < -0.4 is 4.74 Å². The third-order valence-electron chi connectivity index (χ3n) is 3.45. The van der Waals surface area contributed by atoms with Gasteiger partial charge in [-0.1, -0.05) is 18.2 Å². The van der Waals surface area contributed by atoms with Crippen molar-refractivity contribution in [1.29, 1.82) is 0 Å². The zero-order chi connectivity index (χ0) is 15.9. The molecule has 0 spiro atoms. The smallest absolute Gasteiger partial charge is 0.269 e. The lowest BCUT2D eigenvalue weighted by atomic mass is 10.2. The predicted molar refractivity (Wildman–Crippen MR) is 84.2 cm³/mol. The molecule has 2 aromatic rings. The molecule has 1 heterocycles. The van der Waals surface area contributed by atoms with Crippen LogP contribution in [0.1, 0.15) is 15.9 Å². The number of carbonyl (C=O) groups is 1. The van der Waals surface area contributed by atoms with E-state index in [4.69, 9.17) is 4.74 Å². The Morgan fingerprint density at radius 2 is 1.91 bits per heavy atom. The maximum Gasteiger partial charge on any atom is 0.269 e. The van der Waals surface area contributed by atoms with E-state index in [0.29, 0.717) is 15.8 Å². The first-order chi connectivity index (χ1) is 10.4. The van der Waals surface area contributed by atoms with Crippen LogP contribution in [0.2, 0.25) is 0 Å². The topological polar surface area (TPSA) is 63.7 Å². The van der Waals surface area contributed by atoms with Crippen molar-refractivity contribution in [3.8, 4) is 5.75 Å².